The minimum absolute atomic E-state index is 0. The molecule has 0 aromatic heterocycles. The van der Waals surface area contributed by atoms with Crippen molar-refractivity contribution in [3.63, 3.8) is 0 Å². The molecule has 0 bridgehead atoms. The third kappa shape index (κ3) is 11200. The zero-order valence-electron chi connectivity index (χ0n) is 14.3. The zero-order valence-corrected chi connectivity index (χ0v) is 16.3. The van der Waals surface area contributed by atoms with Crippen LogP contribution >= 0.6 is 0 Å². The van der Waals surface area contributed by atoms with Crippen molar-refractivity contribution in [3.05, 3.63) is 0 Å². The van der Waals surface area contributed by atoms with Crippen LogP contribution in [0.4, 0.5) is 28.8 Å². The summed E-state index contributed by atoms with van der Waals surface area (Å²) in [5, 5.41) is 53.3. The molecule has 108 valence electrons. The molecule has 0 atom stereocenters. The molecule has 0 spiro atoms. The van der Waals surface area contributed by atoms with Crippen LogP contribution < -0.4 is 30.6 Å². The molecule has 0 saturated carbocycles. The molecule has 0 aromatic rings. The van der Waals surface area contributed by atoms with Crippen molar-refractivity contribution in [3.8, 4) is 0 Å². The van der Waals surface area contributed by atoms with Crippen molar-refractivity contribution in [2.24, 2.45) is 0 Å². The third-order valence-corrected chi connectivity index (χ3v) is 0. The smallest absolute Gasteiger partial charge is 6.00 e. The maximum Gasteiger partial charge on any atom is 6.00 e. The van der Waals surface area contributed by atoms with Crippen LogP contribution in [-0.2, 0) is 21.1 Å². The standard InChI is InChI=1S/6CO2.6Li.Mo/c6*2-1-3;;;;;;;/q6*-1;;;;;;;+6. The fourth-order valence-electron chi connectivity index (χ4n) is 0. The van der Waals surface area contributed by atoms with Crippen molar-refractivity contribution in [2.45, 2.75) is 0 Å². The van der Waals surface area contributed by atoms with E-state index in [2.05, 4.69) is 0 Å². The van der Waals surface area contributed by atoms with Crippen LogP contribution in [0.5, 0.6) is 0 Å². The van der Waals surface area contributed by atoms with E-state index in [9.17, 15) is 0 Å². The van der Waals surface area contributed by atoms with Gasteiger partial charge < -0.3 is 0 Å². The Kier molecular flexibility index (Phi) is 72.0. The Morgan fingerprint density at radius 1 is 0.360 bits per heavy atom. The molecule has 0 saturated heterocycles. The number of carbonyl (C=O) groups excluding carboxylic acids is 6. The van der Waals surface area contributed by atoms with Gasteiger partial charge in [0.2, 0.25) is 0 Å². The molecule has 0 rings (SSSR count). The van der Waals surface area contributed by atoms with Crippen LogP contribution in [0.3, 0.4) is 0 Å². The number of carboxylic acid groups (broad SMARTS) is 6. The predicted octanol–water partition coefficient (Wildman–Crippen LogP) is -9.01. The van der Waals surface area contributed by atoms with Gasteiger partial charge in [0, 0.05) is 0 Å². The van der Waals surface area contributed by atoms with Gasteiger partial charge in [-0.15, -0.1) is 0 Å². The van der Waals surface area contributed by atoms with E-state index in [1.54, 1.807) is 0 Å². The molecule has 0 aliphatic rings. The van der Waals surface area contributed by atoms with Gasteiger partial charge in [0.05, 0.1) is 0 Å². The second kappa shape index (κ2) is 40.0. The van der Waals surface area contributed by atoms with E-state index < -0.39 is 27.9 Å². The molecule has 0 radical (unpaired) electrons. The second-order valence-electron chi connectivity index (χ2n) is 2.95. The molecule has 25 heavy (non-hydrogen) atoms. The first kappa shape index (κ1) is 45.1. The summed E-state index contributed by atoms with van der Waals surface area (Å²) in [6.45, 7) is 0. The van der Waals surface area contributed by atoms with Gasteiger partial charge in [0.1, 0.15) is 0 Å². The predicted molar refractivity (Wildman–Crippen MR) is 66.9 cm³/mol. The fourth-order valence-corrected chi connectivity index (χ4v) is 0. The van der Waals surface area contributed by atoms with Crippen molar-refractivity contribution in [1.29, 1.82) is 0 Å². The summed E-state index contributed by atoms with van der Waals surface area (Å²) in [5.74, 6) is 0. The molecular formula is C6Li6MoO12. The van der Waals surface area contributed by atoms with E-state index in [1.807, 2.05) is 0 Å². The Hall–Kier alpha value is 1.09. The molecule has 0 fully saturated rings. The van der Waals surface area contributed by atoms with Gasteiger partial charge in [-0.05, 0) is 0 Å². The maximum atomic E-state index is 8.89. The third-order valence-electron chi connectivity index (χ3n) is 0. The number of hydrogen-bond donors (Lipinski definition) is 0. The van der Waals surface area contributed by atoms with Crippen LogP contribution in [-0.4, -0.2) is 134 Å². The van der Waals surface area contributed by atoms with E-state index in [0.717, 1.165) is 106 Å². The van der Waals surface area contributed by atoms with Gasteiger partial charge in [0.15, 0.2) is 0 Å². The Bertz CT molecular complexity index is 273. The van der Waals surface area contributed by atoms with Crippen LogP contribution in [0.1, 0.15) is 0 Å². The second-order valence-corrected chi connectivity index (χ2v) is 2.95. The van der Waals surface area contributed by atoms with Gasteiger partial charge in [-0.25, -0.2) is 0 Å². The first-order chi connectivity index (χ1) is 10.4. The minimum atomic E-state index is -1.08. The van der Waals surface area contributed by atoms with Gasteiger partial charge in [0.25, 0.3) is 0 Å². The quantitative estimate of drug-likeness (QED) is 0.343. The van der Waals surface area contributed by atoms with E-state index in [-0.39, 0.29) is 21.1 Å². The number of rotatable bonds is 0. The Labute approximate surface area is 212 Å². The average molecular weight is 402 g/mol. The topological polar surface area (TPSA) is 241 Å². The number of carbonyl (C=O) groups is 6. The van der Waals surface area contributed by atoms with Gasteiger partial charge in [-0.3, -0.25) is 0 Å². The Morgan fingerprint density at radius 3 is 0.360 bits per heavy atom. The van der Waals surface area contributed by atoms with E-state index in [1.165, 1.54) is 0 Å². The summed E-state index contributed by atoms with van der Waals surface area (Å²) in [5.41, 5.74) is 0. The summed E-state index contributed by atoms with van der Waals surface area (Å²) in [7, 11) is 0. The van der Waals surface area contributed by atoms with Gasteiger partial charge in [-0.2, -0.15) is 0 Å². The fraction of sp³-hybridized carbons (Fsp3) is 0. The molecule has 19 heteroatoms. The molecule has 0 amide bonds. The normalized spacial score (nSPS) is 6.24. The molecular weight excluding hydrogens is 402 g/mol. The van der Waals surface area contributed by atoms with Crippen molar-refractivity contribution >= 4 is 134 Å². The molecule has 0 aromatic carbocycles. The molecule has 0 unspecified atom stereocenters. The first-order valence-corrected chi connectivity index (χ1v) is 5.45. The molecule has 0 heterocycles. The monoisotopic (exact) mass is 404 g/mol. The maximum absolute atomic E-state index is 8.89. The Balaban J connectivity index is -0.0000000309. The van der Waals surface area contributed by atoms with Crippen LogP contribution in [0, 0.1) is 0 Å². The van der Waals surface area contributed by atoms with Crippen LogP contribution in [0.25, 0.3) is 0 Å². The van der Waals surface area contributed by atoms with E-state index in [0.29, 0.717) is 0 Å². The summed E-state index contributed by atoms with van der Waals surface area (Å²) < 4.78 is -6.50. The van der Waals surface area contributed by atoms with Gasteiger partial charge in [-0.1, -0.05) is 0 Å². The minimum Gasteiger partial charge on any atom is 6.00 e. The number of hydrogen-bond acceptors (Lipinski definition) is 12. The Morgan fingerprint density at radius 2 is 0.360 bits per heavy atom. The summed E-state index contributed by atoms with van der Waals surface area (Å²) in [4.78, 5) is 53.3. The zero-order chi connectivity index (χ0) is 21.5. The van der Waals surface area contributed by atoms with E-state index in [4.69, 9.17) is 59.4 Å². The first-order valence-electron chi connectivity index (χ1n) is 5.45. The summed E-state index contributed by atoms with van der Waals surface area (Å²) in [6, 6.07) is 0. The van der Waals surface area contributed by atoms with Crippen LogP contribution in [0.2, 0.25) is 0 Å². The van der Waals surface area contributed by atoms with Gasteiger partial charge >= 0.3 is 215 Å². The molecule has 0 aliphatic heterocycles. The average Bonchev–Trinajstić information content (AvgIpc) is 2.08. The molecule has 0 N–H and O–H groups in total. The molecule has 12 nitrogen and oxygen atoms in total. The van der Waals surface area contributed by atoms with Crippen LogP contribution in [0.15, 0.2) is 0 Å². The largest absolute Gasteiger partial charge is 6.00 e. The van der Waals surface area contributed by atoms with Crippen molar-refractivity contribution in [2.75, 3.05) is 0 Å². The SMILES string of the molecule is [Li][C](=O)[O-].[Li][C](=O)[O-].[Li][C](=O)[O-].[Li][C](=O)[O-].[Li][C](=O)[O-].[Li][C](=O)[O-].[Mo+6]. The van der Waals surface area contributed by atoms with Crippen molar-refractivity contribution < 1.29 is 80.5 Å². The van der Waals surface area contributed by atoms with E-state index >= 15 is 0 Å². The molecule has 0 aliphatic carbocycles. The summed E-state index contributed by atoms with van der Waals surface area (Å²) in [6.07, 6.45) is 0. The summed E-state index contributed by atoms with van der Waals surface area (Å²) >= 11 is 5.83. The van der Waals surface area contributed by atoms with Crippen molar-refractivity contribution in [1.82, 2.24) is 0 Å².